The molecule has 1 unspecified atom stereocenters. The Labute approximate surface area is 86.6 Å². The van der Waals surface area contributed by atoms with Crippen molar-refractivity contribution in [2.75, 3.05) is 0 Å². The van der Waals surface area contributed by atoms with Gasteiger partial charge in [0.05, 0.1) is 11.6 Å². The molecule has 0 spiro atoms. The number of amides is 1. The van der Waals surface area contributed by atoms with Gasteiger partial charge in [0.15, 0.2) is 0 Å². The van der Waals surface area contributed by atoms with E-state index in [0.29, 0.717) is 5.69 Å². The van der Waals surface area contributed by atoms with E-state index >= 15 is 0 Å². The zero-order valence-corrected chi connectivity index (χ0v) is 8.84. The molecule has 1 atom stereocenters. The number of nitrogens with one attached hydrogen (secondary N) is 1. The Morgan fingerprint density at radius 1 is 1.71 bits per heavy atom. The molecular weight excluding hydrogens is 198 g/mol. The van der Waals surface area contributed by atoms with Crippen LogP contribution >= 0.6 is 11.3 Å². The van der Waals surface area contributed by atoms with Crippen molar-refractivity contribution in [2.45, 2.75) is 19.9 Å². The summed E-state index contributed by atoms with van der Waals surface area (Å²) in [6.07, 6.45) is 0. The molecule has 74 valence electrons. The Balaban J connectivity index is 2.61. The molecule has 0 aliphatic heterocycles. The third-order valence-corrected chi connectivity index (χ3v) is 2.34. The van der Waals surface area contributed by atoms with Crippen LogP contribution < -0.4 is 5.32 Å². The van der Waals surface area contributed by atoms with Gasteiger partial charge in [0.25, 0.3) is 5.91 Å². The number of aromatic nitrogens is 1. The maximum atomic E-state index is 11.5. The molecule has 0 aliphatic rings. The Morgan fingerprint density at radius 3 is 2.86 bits per heavy atom. The summed E-state index contributed by atoms with van der Waals surface area (Å²) >= 11 is 1.36. The molecule has 4 nitrogen and oxygen atoms in total. The number of nitrogens with zero attached hydrogens (tertiary/aromatic N) is 2. The standard InChI is InChI=1S/C9H11N3OS/c1-6(2)7(3-10)12-9(13)8-4-14-5-11-8/h4-7H,1-2H3,(H,12,13). The number of rotatable bonds is 3. The van der Waals surface area contributed by atoms with E-state index in [1.807, 2.05) is 19.9 Å². The molecule has 1 amide bonds. The second kappa shape index (κ2) is 4.72. The van der Waals surface area contributed by atoms with Crippen LogP contribution in [0.15, 0.2) is 10.9 Å². The van der Waals surface area contributed by atoms with E-state index in [1.165, 1.54) is 11.3 Å². The SMILES string of the molecule is CC(C)C(C#N)NC(=O)c1cscn1. The van der Waals surface area contributed by atoms with Gasteiger partial charge < -0.3 is 5.32 Å². The van der Waals surface area contributed by atoms with Crippen molar-refractivity contribution >= 4 is 17.2 Å². The summed E-state index contributed by atoms with van der Waals surface area (Å²) in [6.45, 7) is 3.77. The quantitative estimate of drug-likeness (QED) is 0.818. The predicted molar refractivity (Wildman–Crippen MR) is 53.8 cm³/mol. The smallest absolute Gasteiger partial charge is 0.271 e. The van der Waals surface area contributed by atoms with Gasteiger partial charge in [-0.05, 0) is 5.92 Å². The first kappa shape index (κ1) is 10.7. The van der Waals surface area contributed by atoms with Gasteiger partial charge in [-0.25, -0.2) is 4.98 Å². The lowest BCUT2D eigenvalue weighted by Gasteiger charge is -2.13. The van der Waals surface area contributed by atoms with E-state index in [-0.39, 0.29) is 11.8 Å². The molecule has 0 saturated heterocycles. The van der Waals surface area contributed by atoms with Crippen LogP contribution in [0.3, 0.4) is 0 Å². The molecule has 0 aromatic carbocycles. The zero-order valence-electron chi connectivity index (χ0n) is 8.02. The van der Waals surface area contributed by atoms with Crippen LogP contribution in [-0.4, -0.2) is 16.9 Å². The lowest BCUT2D eigenvalue weighted by Crippen LogP contribution is -2.37. The highest BCUT2D eigenvalue weighted by atomic mass is 32.1. The van der Waals surface area contributed by atoms with Gasteiger partial charge in [-0.3, -0.25) is 4.79 Å². The van der Waals surface area contributed by atoms with Gasteiger partial charge >= 0.3 is 0 Å². The van der Waals surface area contributed by atoms with E-state index in [4.69, 9.17) is 5.26 Å². The van der Waals surface area contributed by atoms with Crippen molar-refractivity contribution in [3.8, 4) is 6.07 Å². The zero-order chi connectivity index (χ0) is 10.6. The summed E-state index contributed by atoms with van der Waals surface area (Å²) in [6, 6.07) is 1.58. The molecule has 1 heterocycles. The average Bonchev–Trinajstić information content (AvgIpc) is 2.65. The molecule has 0 saturated carbocycles. The third kappa shape index (κ3) is 2.54. The van der Waals surface area contributed by atoms with Crippen LogP contribution in [-0.2, 0) is 0 Å². The fraction of sp³-hybridized carbons (Fsp3) is 0.444. The Hall–Kier alpha value is -1.41. The molecule has 0 radical (unpaired) electrons. The molecule has 5 heteroatoms. The summed E-state index contributed by atoms with van der Waals surface area (Å²) in [5.41, 5.74) is 1.96. The highest BCUT2D eigenvalue weighted by Gasteiger charge is 2.16. The van der Waals surface area contributed by atoms with Crippen LogP contribution in [0.4, 0.5) is 0 Å². The van der Waals surface area contributed by atoms with Crippen LogP contribution in [0.5, 0.6) is 0 Å². The van der Waals surface area contributed by atoms with Gasteiger partial charge in [-0.1, -0.05) is 13.8 Å². The number of carbonyl (C=O) groups is 1. The lowest BCUT2D eigenvalue weighted by atomic mass is 10.1. The second-order valence-electron chi connectivity index (χ2n) is 3.20. The normalized spacial score (nSPS) is 12.1. The fourth-order valence-electron chi connectivity index (χ4n) is 0.888. The average molecular weight is 209 g/mol. The van der Waals surface area contributed by atoms with Crippen LogP contribution in [0, 0.1) is 17.2 Å². The number of thiazole rings is 1. The lowest BCUT2D eigenvalue weighted by molar-refractivity contribution is 0.0933. The Bertz CT molecular complexity index is 339. The highest BCUT2D eigenvalue weighted by Crippen LogP contribution is 2.04. The number of nitriles is 1. The monoisotopic (exact) mass is 209 g/mol. The van der Waals surface area contributed by atoms with Crippen molar-refractivity contribution < 1.29 is 4.79 Å². The van der Waals surface area contributed by atoms with E-state index < -0.39 is 6.04 Å². The first-order valence-electron chi connectivity index (χ1n) is 4.24. The van der Waals surface area contributed by atoms with Crippen molar-refractivity contribution in [1.82, 2.24) is 10.3 Å². The highest BCUT2D eigenvalue weighted by molar-refractivity contribution is 7.07. The van der Waals surface area contributed by atoms with Gasteiger partial charge in [-0.2, -0.15) is 5.26 Å². The Kier molecular flexibility index (Phi) is 3.60. The molecule has 1 N–H and O–H groups in total. The molecule has 0 bridgehead atoms. The van der Waals surface area contributed by atoms with Crippen molar-refractivity contribution in [1.29, 1.82) is 5.26 Å². The maximum Gasteiger partial charge on any atom is 0.271 e. The minimum atomic E-state index is -0.454. The van der Waals surface area contributed by atoms with Crippen molar-refractivity contribution in [3.63, 3.8) is 0 Å². The number of hydrogen-bond donors (Lipinski definition) is 1. The first-order chi connectivity index (χ1) is 6.65. The summed E-state index contributed by atoms with van der Waals surface area (Å²) in [5.74, 6) is -0.186. The van der Waals surface area contributed by atoms with Crippen LogP contribution in [0.1, 0.15) is 24.3 Å². The first-order valence-corrected chi connectivity index (χ1v) is 5.18. The predicted octanol–water partition coefficient (Wildman–Crippen LogP) is 1.42. The summed E-state index contributed by atoms with van der Waals surface area (Å²) < 4.78 is 0. The topological polar surface area (TPSA) is 65.8 Å². The second-order valence-corrected chi connectivity index (χ2v) is 3.92. The van der Waals surface area contributed by atoms with Crippen molar-refractivity contribution in [3.05, 3.63) is 16.6 Å². The third-order valence-electron chi connectivity index (χ3n) is 1.76. The molecule has 14 heavy (non-hydrogen) atoms. The van der Waals surface area contributed by atoms with Crippen LogP contribution in [0.25, 0.3) is 0 Å². The van der Waals surface area contributed by atoms with Crippen molar-refractivity contribution in [2.24, 2.45) is 5.92 Å². The summed E-state index contributed by atoms with van der Waals surface area (Å²) in [5, 5.41) is 13.0. The van der Waals surface area contributed by atoms with E-state index in [2.05, 4.69) is 10.3 Å². The van der Waals surface area contributed by atoms with E-state index in [0.717, 1.165) is 0 Å². The maximum absolute atomic E-state index is 11.5. The van der Waals surface area contributed by atoms with Crippen LogP contribution in [0.2, 0.25) is 0 Å². The molecule has 1 aromatic rings. The summed E-state index contributed by atoms with van der Waals surface area (Å²) in [7, 11) is 0. The number of hydrogen-bond acceptors (Lipinski definition) is 4. The largest absolute Gasteiger partial charge is 0.335 e. The van der Waals surface area contributed by atoms with Gasteiger partial charge in [0.2, 0.25) is 0 Å². The van der Waals surface area contributed by atoms with E-state index in [1.54, 1.807) is 10.9 Å². The van der Waals surface area contributed by atoms with Gasteiger partial charge in [0.1, 0.15) is 11.7 Å². The molecular formula is C9H11N3OS. The molecule has 0 aliphatic carbocycles. The van der Waals surface area contributed by atoms with Gasteiger partial charge in [-0.15, -0.1) is 11.3 Å². The Morgan fingerprint density at radius 2 is 2.43 bits per heavy atom. The molecule has 1 aromatic heterocycles. The minimum Gasteiger partial charge on any atom is -0.335 e. The number of carbonyl (C=O) groups excluding carboxylic acids is 1. The van der Waals surface area contributed by atoms with E-state index in [9.17, 15) is 4.79 Å². The molecule has 0 fully saturated rings. The minimum absolute atomic E-state index is 0.0996. The fourth-order valence-corrected chi connectivity index (χ4v) is 1.42. The molecule has 1 rings (SSSR count). The van der Waals surface area contributed by atoms with Gasteiger partial charge in [0, 0.05) is 5.38 Å². The summed E-state index contributed by atoms with van der Waals surface area (Å²) in [4.78, 5) is 15.3.